The van der Waals surface area contributed by atoms with Crippen molar-refractivity contribution in [3.05, 3.63) is 24.2 Å². The van der Waals surface area contributed by atoms with Crippen LogP contribution in [0.25, 0.3) is 0 Å². The summed E-state index contributed by atoms with van der Waals surface area (Å²) < 4.78 is 5.17. The van der Waals surface area contributed by atoms with Crippen molar-refractivity contribution < 1.29 is 14.4 Å². The SMILES string of the molecule is CCC(C(=O)NC(C)c1ccco1)/C(N)=N/O. The van der Waals surface area contributed by atoms with Gasteiger partial charge in [-0.15, -0.1) is 0 Å². The van der Waals surface area contributed by atoms with Gasteiger partial charge in [0.15, 0.2) is 5.84 Å². The van der Waals surface area contributed by atoms with Crippen molar-refractivity contribution in [3.8, 4) is 0 Å². The molecule has 1 heterocycles. The van der Waals surface area contributed by atoms with Gasteiger partial charge in [-0.1, -0.05) is 12.1 Å². The van der Waals surface area contributed by atoms with Crippen molar-refractivity contribution in [1.82, 2.24) is 5.32 Å². The van der Waals surface area contributed by atoms with Crippen molar-refractivity contribution in [2.75, 3.05) is 0 Å². The Morgan fingerprint density at radius 2 is 2.41 bits per heavy atom. The standard InChI is InChI=1S/C11H17N3O3/c1-3-8(10(12)14-16)11(15)13-7(2)9-5-4-6-17-9/h4-8,16H,3H2,1-2H3,(H2,12,14)(H,13,15). The fourth-order valence-corrected chi connectivity index (χ4v) is 1.52. The maximum Gasteiger partial charge on any atom is 0.231 e. The third kappa shape index (κ3) is 3.24. The molecule has 0 saturated carbocycles. The number of nitrogens with one attached hydrogen (secondary N) is 1. The zero-order valence-electron chi connectivity index (χ0n) is 9.88. The van der Waals surface area contributed by atoms with Gasteiger partial charge >= 0.3 is 0 Å². The van der Waals surface area contributed by atoms with Gasteiger partial charge in [0, 0.05) is 0 Å². The van der Waals surface area contributed by atoms with Crippen molar-refractivity contribution in [2.24, 2.45) is 16.8 Å². The lowest BCUT2D eigenvalue weighted by molar-refractivity contribution is -0.123. The number of amidine groups is 1. The van der Waals surface area contributed by atoms with Crippen LogP contribution in [-0.2, 0) is 4.79 Å². The summed E-state index contributed by atoms with van der Waals surface area (Å²) in [6.07, 6.45) is 2.01. The maximum atomic E-state index is 11.9. The van der Waals surface area contributed by atoms with E-state index >= 15 is 0 Å². The minimum absolute atomic E-state index is 0.0864. The molecule has 2 unspecified atom stereocenters. The second kappa shape index (κ2) is 5.93. The van der Waals surface area contributed by atoms with E-state index in [1.165, 1.54) is 0 Å². The van der Waals surface area contributed by atoms with Crippen LogP contribution in [0.3, 0.4) is 0 Å². The summed E-state index contributed by atoms with van der Waals surface area (Å²) in [6.45, 7) is 3.59. The van der Waals surface area contributed by atoms with Crippen molar-refractivity contribution >= 4 is 11.7 Å². The molecule has 0 aromatic carbocycles. The van der Waals surface area contributed by atoms with Gasteiger partial charge in [0.2, 0.25) is 5.91 Å². The lowest BCUT2D eigenvalue weighted by Crippen LogP contribution is -2.39. The van der Waals surface area contributed by atoms with Gasteiger partial charge in [0.25, 0.3) is 0 Å². The Bertz CT molecular complexity index is 387. The van der Waals surface area contributed by atoms with Crippen molar-refractivity contribution in [1.29, 1.82) is 0 Å². The second-order valence-electron chi connectivity index (χ2n) is 3.73. The van der Waals surface area contributed by atoms with Crippen molar-refractivity contribution in [3.63, 3.8) is 0 Å². The lowest BCUT2D eigenvalue weighted by Gasteiger charge is -2.16. The summed E-state index contributed by atoms with van der Waals surface area (Å²) in [5.74, 6) is -0.339. The number of furan rings is 1. The van der Waals surface area contributed by atoms with E-state index in [0.29, 0.717) is 12.2 Å². The zero-order chi connectivity index (χ0) is 12.8. The number of hydrogen-bond donors (Lipinski definition) is 3. The molecule has 0 aliphatic carbocycles. The number of rotatable bonds is 5. The number of oxime groups is 1. The Hall–Kier alpha value is -1.98. The second-order valence-corrected chi connectivity index (χ2v) is 3.73. The number of carbonyl (C=O) groups is 1. The molecule has 0 aliphatic rings. The highest BCUT2D eigenvalue weighted by molar-refractivity contribution is 6.02. The van der Waals surface area contributed by atoms with E-state index in [0.717, 1.165) is 0 Å². The van der Waals surface area contributed by atoms with Crippen LogP contribution < -0.4 is 11.1 Å². The number of amides is 1. The molecule has 17 heavy (non-hydrogen) atoms. The number of hydrogen-bond acceptors (Lipinski definition) is 4. The molecular weight excluding hydrogens is 222 g/mol. The molecule has 1 amide bonds. The first-order valence-electron chi connectivity index (χ1n) is 5.41. The molecule has 1 rings (SSSR count). The molecule has 2 atom stereocenters. The summed E-state index contributed by atoms with van der Waals surface area (Å²) in [6, 6.07) is 3.27. The molecular formula is C11H17N3O3. The summed E-state index contributed by atoms with van der Waals surface area (Å²) >= 11 is 0. The highest BCUT2D eigenvalue weighted by Crippen LogP contribution is 2.14. The first kappa shape index (κ1) is 13.1. The molecule has 6 heteroatoms. The molecule has 0 radical (unpaired) electrons. The molecule has 1 aromatic heterocycles. The van der Waals surface area contributed by atoms with Gasteiger partial charge in [-0.3, -0.25) is 4.79 Å². The van der Waals surface area contributed by atoms with E-state index in [1.54, 1.807) is 32.2 Å². The number of nitrogens with zero attached hydrogens (tertiary/aromatic N) is 1. The zero-order valence-corrected chi connectivity index (χ0v) is 9.88. The largest absolute Gasteiger partial charge is 0.467 e. The first-order valence-corrected chi connectivity index (χ1v) is 5.41. The Labute approximate surface area is 99.5 Å². The average Bonchev–Trinajstić information content (AvgIpc) is 2.83. The van der Waals surface area contributed by atoms with E-state index in [9.17, 15) is 4.79 Å². The Kier molecular flexibility index (Phi) is 4.56. The normalized spacial score (nSPS) is 15.3. The van der Waals surface area contributed by atoms with Crippen LogP contribution >= 0.6 is 0 Å². The Balaban J connectivity index is 2.65. The predicted molar refractivity (Wildman–Crippen MR) is 62.5 cm³/mol. The number of carbonyl (C=O) groups excluding carboxylic acids is 1. The maximum absolute atomic E-state index is 11.9. The molecule has 0 bridgehead atoms. The van der Waals surface area contributed by atoms with Crippen LogP contribution in [0.4, 0.5) is 0 Å². The van der Waals surface area contributed by atoms with Gasteiger partial charge in [-0.25, -0.2) is 0 Å². The predicted octanol–water partition coefficient (Wildman–Crippen LogP) is 1.23. The van der Waals surface area contributed by atoms with Crippen LogP contribution in [0.2, 0.25) is 0 Å². The van der Waals surface area contributed by atoms with E-state index in [-0.39, 0.29) is 17.8 Å². The van der Waals surface area contributed by atoms with E-state index in [1.807, 2.05) is 0 Å². The fraction of sp³-hybridized carbons (Fsp3) is 0.455. The minimum Gasteiger partial charge on any atom is -0.467 e. The van der Waals surface area contributed by atoms with Gasteiger partial charge in [0.1, 0.15) is 5.76 Å². The summed E-state index contributed by atoms with van der Waals surface area (Å²) in [5, 5.41) is 14.2. The van der Waals surface area contributed by atoms with E-state index < -0.39 is 5.92 Å². The first-order chi connectivity index (χ1) is 8.10. The van der Waals surface area contributed by atoms with Gasteiger partial charge in [0.05, 0.1) is 18.2 Å². The van der Waals surface area contributed by atoms with Gasteiger partial charge < -0.3 is 20.7 Å². The number of nitrogens with two attached hydrogens (primary N) is 1. The summed E-state index contributed by atoms with van der Waals surface area (Å²) in [7, 11) is 0. The van der Waals surface area contributed by atoms with Crippen LogP contribution in [-0.4, -0.2) is 17.0 Å². The van der Waals surface area contributed by atoms with Gasteiger partial charge in [-0.2, -0.15) is 0 Å². The smallest absolute Gasteiger partial charge is 0.231 e. The Morgan fingerprint density at radius 1 is 1.71 bits per heavy atom. The van der Waals surface area contributed by atoms with E-state index in [4.69, 9.17) is 15.4 Å². The molecule has 0 aliphatic heterocycles. The quantitative estimate of drug-likeness (QED) is 0.311. The van der Waals surface area contributed by atoms with Crippen LogP contribution in [0.5, 0.6) is 0 Å². The van der Waals surface area contributed by atoms with Crippen LogP contribution in [0, 0.1) is 5.92 Å². The van der Waals surface area contributed by atoms with E-state index in [2.05, 4.69) is 10.5 Å². The summed E-state index contributed by atoms with van der Waals surface area (Å²) in [5.41, 5.74) is 5.44. The minimum atomic E-state index is -0.627. The topological polar surface area (TPSA) is 101 Å². The van der Waals surface area contributed by atoms with Crippen LogP contribution in [0.1, 0.15) is 32.1 Å². The molecule has 1 aromatic rings. The third-order valence-electron chi connectivity index (χ3n) is 2.53. The molecule has 6 nitrogen and oxygen atoms in total. The highest BCUT2D eigenvalue weighted by atomic mass is 16.4. The lowest BCUT2D eigenvalue weighted by atomic mass is 10.0. The molecule has 0 saturated heterocycles. The third-order valence-corrected chi connectivity index (χ3v) is 2.53. The summed E-state index contributed by atoms with van der Waals surface area (Å²) in [4.78, 5) is 11.9. The highest BCUT2D eigenvalue weighted by Gasteiger charge is 2.23. The molecule has 0 spiro atoms. The molecule has 94 valence electrons. The van der Waals surface area contributed by atoms with Gasteiger partial charge in [-0.05, 0) is 25.5 Å². The average molecular weight is 239 g/mol. The monoisotopic (exact) mass is 239 g/mol. The van der Waals surface area contributed by atoms with Crippen LogP contribution in [0.15, 0.2) is 28.0 Å². The molecule has 0 fully saturated rings. The Morgan fingerprint density at radius 3 is 2.88 bits per heavy atom. The fourth-order valence-electron chi connectivity index (χ4n) is 1.52. The van der Waals surface area contributed by atoms with Crippen molar-refractivity contribution in [2.45, 2.75) is 26.3 Å². The molecule has 4 N–H and O–H groups in total.